The van der Waals surface area contributed by atoms with Gasteiger partial charge < -0.3 is 0 Å². The first kappa shape index (κ1) is 19.3. The molecule has 0 radical (unpaired) electrons. The van der Waals surface area contributed by atoms with Crippen LogP contribution in [0, 0.1) is 6.92 Å². The highest BCUT2D eigenvalue weighted by molar-refractivity contribution is 9.11. The highest BCUT2D eigenvalue weighted by atomic mass is 79.9. The number of hydrogen-bond donors (Lipinski definition) is 0. The first-order valence-electron chi connectivity index (χ1n) is 9.25. The fourth-order valence-electron chi connectivity index (χ4n) is 3.45. The first-order chi connectivity index (χ1) is 14.1. The minimum Gasteiger partial charge on any atom is -0.132 e. The van der Waals surface area contributed by atoms with E-state index in [4.69, 9.17) is 0 Å². The Balaban J connectivity index is 1.59. The topological polar surface area (TPSA) is 0 Å². The van der Waals surface area contributed by atoms with Crippen LogP contribution in [0.1, 0.15) is 16.0 Å². The molecule has 5 rings (SSSR count). The zero-order valence-electron chi connectivity index (χ0n) is 15.6. The molecular formula is C25H16Br2S2. The fraction of sp³-hybridized carbons (Fsp3) is 0.0400. The van der Waals surface area contributed by atoms with E-state index in [0.29, 0.717) is 0 Å². The van der Waals surface area contributed by atoms with Crippen LogP contribution in [-0.4, -0.2) is 0 Å². The van der Waals surface area contributed by atoms with Crippen molar-refractivity contribution >= 4 is 86.9 Å². The summed E-state index contributed by atoms with van der Waals surface area (Å²) in [6.07, 6.45) is 4.38. The average Bonchev–Trinajstić information content (AvgIpc) is 3.23. The summed E-state index contributed by atoms with van der Waals surface area (Å²) in [7, 11) is 0. The Kier molecular flexibility index (Phi) is 5.21. The van der Waals surface area contributed by atoms with Gasteiger partial charge in [0.2, 0.25) is 0 Å². The van der Waals surface area contributed by atoms with Crippen LogP contribution in [0.3, 0.4) is 0 Å². The molecule has 0 amide bonds. The van der Waals surface area contributed by atoms with Gasteiger partial charge in [0.05, 0.1) is 23.2 Å². The van der Waals surface area contributed by atoms with E-state index in [1.807, 2.05) is 22.7 Å². The summed E-state index contributed by atoms with van der Waals surface area (Å²) >= 11 is 11.4. The van der Waals surface area contributed by atoms with Crippen molar-refractivity contribution < 1.29 is 0 Å². The van der Waals surface area contributed by atoms with Crippen molar-refractivity contribution in [2.24, 2.45) is 0 Å². The Morgan fingerprint density at radius 1 is 0.724 bits per heavy atom. The van der Waals surface area contributed by atoms with Crippen molar-refractivity contribution in [1.29, 1.82) is 0 Å². The second-order valence-corrected chi connectivity index (χ2v) is 10.6. The van der Waals surface area contributed by atoms with Gasteiger partial charge in [0.25, 0.3) is 0 Å². The van der Waals surface area contributed by atoms with Crippen molar-refractivity contribution in [2.45, 2.75) is 6.92 Å². The average molecular weight is 540 g/mol. The van der Waals surface area contributed by atoms with E-state index in [0.717, 1.165) is 0 Å². The maximum absolute atomic E-state index is 3.90. The predicted molar refractivity (Wildman–Crippen MR) is 138 cm³/mol. The number of hydrogen-bond acceptors (Lipinski definition) is 2. The lowest BCUT2D eigenvalue weighted by molar-refractivity contribution is 1.46. The third-order valence-electron chi connectivity index (χ3n) is 4.98. The Morgan fingerprint density at radius 3 is 2.24 bits per heavy atom. The van der Waals surface area contributed by atoms with Crippen molar-refractivity contribution in [1.82, 2.24) is 0 Å². The van der Waals surface area contributed by atoms with Gasteiger partial charge in [-0.3, -0.25) is 0 Å². The second kappa shape index (κ2) is 7.84. The standard InChI is InChI=1S/C25H16Br2S2/c1-15-9-11-16(12-10-15)13-14-20-21(26)24-25(28-20)22(27)23(29-24)19-8-4-6-17-5-2-3-7-18(17)19/h2-14H,1H3/b14-13+. The van der Waals surface area contributed by atoms with Gasteiger partial charge in [0, 0.05) is 10.4 Å². The van der Waals surface area contributed by atoms with Crippen LogP contribution >= 0.6 is 54.5 Å². The van der Waals surface area contributed by atoms with Crippen molar-refractivity contribution in [2.75, 3.05) is 0 Å². The molecule has 2 aromatic heterocycles. The highest BCUT2D eigenvalue weighted by Crippen LogP contribution is 2.51. The summed E-state index contributed by atoms with van der Waals surface area (Å²) in [4.78, 5) is 2.54. The van der Waals surface area contributed by atoms with Gasteiger partial charge in [-0.1, -0.05) is 78.4 Å². The normalized spacial score (nSPS) is 11.8. The molecule has 0 nitrogen and oxygen atoms in total. The maximum atomic E-state index is 3.90. The Hall–Kier alpha value is -1.72. The van der Waals surface area contributed by atoms with Crippen LogP contribution in [0.15, 0.2) is 75.7 Å². The van der Waals surface area contributed by atoms with Crippen LogP contribution in [-0.2, 0) is 0 Å². The molecule has 4 heteroatoms. The fourth-order valence-corrected chi connectivity index (χ4v) is 7.82. The minimum atomic E-state index is 1.18. The van der Waals surface area contributed by atoms with Gasteiger partial charge in [-0.25, -0.2) is 0 Å². The first-order valence-corrected chi connectivity index (χ1v) is 12.5. The summed E-state index contributed by atoms with van der Waals surface area (Å²) in [5, 5.41) is 2.56. The SMILES string of the molecule is Cc1ccc(/C=C/c2sc3c(Br)c(-c4cccc5ccccc45)sc3c2Br)cc1. The maximum Gasteiger partial charge on any atom is 0.0617 e. The monoisotopic (exact) mass is 538 g/mol. The van der Waals surface area contributed by atoms with E-state index in [9.17, 15) is 0 Å². The van der Waals surface area contributed by atoms with E-state index in [2.05, 4.69) is 118 Å². The van der Waals surface area contributed by atoms with Crippen LogP contribution in [0.4, 0.5) is 0 Å². The van der Waals surface area contributed by atoms with Gasteiger partial charge in [0.1, 0.15) is 0 Å². The van der Waals surface area contributed by atoms with Gasteiger partial charge in [-0.2, -0.15) is 0 Å². The van der Waals surface area contributed by atoms with Crippen molar-refractivity contribution in [3.05, 3.63) is 91.7 Å². The molecule has 0 saturated heterocycles. The van der Waals surface area contributed by atoms with E-state index in [1.165, 1.54) is 55.6 Å². The molecule has 0 atom stereocenters. The highest BCUT2D eigenvalue weighted by Gasteiger charge is 2.19. The number of rotatable bonds is 3. The zero-order valence-corrected chi connectivity index (χ0v) is 20.4. The second-order valence-electron chi connectivity index (χ2n) is 6.95. The van der Waals surface area contributed by atoms with E-state index in [1.54, 1.807) is 0 Å². The molecule has 142 valence electrons. The molecule has 0 N–H and O–H groups in total. The Morgan fingerprint density at radius 2 is 1.45 bits per heavy atom. The lowest BCUT2D eigenvalue weighted by Crippen LogP contribution is -1.78. The summed E-state index contributed by atoms with van der Waals surface area (Å²) < 4.78 is 4.97. The van der Waals surface area contributed by atoms with Crippen molar-refractivity contribution in [3.8, 4) is 10.4 Å². The van der Waals surface area contributed by atoms with E-state index >= 15 is 0 Å². The summed E-state index contributed by atoms with van der Waals surface area (Å²) in [6, 6.07) is 23.7. The van der Waals surface area contributed by atoms with Crippen LogP contribution in [0.2, 0.25) is 0 Å². The Labute approximate surface area is 194 Å². The van der Waals surface area contributed by atoms with Crippen molar-refractivity contribution in [3.63, 3.8) is 0 Å². The lowest BCUT2D eigenvalue weighted by Gasteiger charge is -2.05. The molecule has 3 aromatic carbocycles. The third-order valence-corrected chi connectivity index (χ3v) is 10.2. The number of benzene rings is 3. The molecular weight excluding hydrogens is 524 g/mol. The molecule has 0 unspecified atom stereocenters. The molecule has 0 bridgehead atoms. The van der Waals surface area contributed by atoms with Crippen LogP contribution < -0.4 is 0 Å². The quantitative estimate of drug-likeness (QED) is 0.214. The molecule has 2 heterocycles. The van der Waals surface area contributed by atoms with E-state index < -0.39 is 0 Å². The number of fused-ring (bicyclic) bond motifs is 2. The molecule has 0 aliphatic heterocycles. The largest absolute Gasteiger partial charge is 0.132 e. The third kappa shape index (κ3) is 3.53. The summed E-state index contributed by atoms with van der Waals surface area (Å²) in [5.41, 5.74) is 3.78. The van der Waals surface area contributed by atoms with Crippen LogP contribution in [0.25, 0.3) is 42.8 Å². The molecule has 0 fully saturated rings. The smallest absolute Gasteiger partial charge is 0.0617 e. The lowest BCUT2D eigenvalue weighted by atomic mass is 10.0. The van der Waals surface area contributed by atoms with Gasteiger partial charge in [0.15, 0.2) is 0 Å². The molecule has 0 aliphatic rings. The molecule has 0 spiro atoms. The Bertz CT molecular complexity index is 1370. The van der Waals surface area contributed by atoms with Gasteiger partial charge >= 0.3 is 0 Å². The summed E-state index contributed by atoms with van der Waals surface area (Å²) in [5.74, 6) is 0. The number of halogens is 2. The predicted octanol–water partition coefficient (Wildman–Crippen LogP) is 9.79. The number of aryl methyl sites for hydroxylation is 1. The summed E-state index contributed by atoms with van der Waals surface area (Å²) in [6.45, 7) is 2.11. The number of thiophene rings is 2. The minimum absolute atomic E-state index is 1.18. The zero-order chi connectivity index (χ0) is 20.0. The van der Waals surface area contributed by atoms with E-state index in [-0.39, 0.29) is 0 Å². The van der Waals surface area contributed by atoms with Gasteiger partial charge in [-0.15, -0.1) is 22.7 Å². The molecule has 29 heavy (non-hydrogen) atoms. The van der Waals surface area contributed by atoms with Crippen LogP contribution in [0.5, 0.6) is 0 Å². The van der Waals surface area contributed by atoms with Gasteiger partial charge in [-0.05, 0) is 61.2 Å². The molecule has 0 aliphatic carbocycles. The molecule has 5 aromatic rings. The molecule has 0 saturated carbocycles.